The van der Waals surface area contributed by atoms with Crippen LogP contribution >= 0.6 is 12.2 Å². The summed E-state index contributed by atoms with van der Waals surface area (Å²) >= 11 is 5.50. The molecule has 21 heavy (non-hydrogen) atoms. The zero-order chi connectivity index (χ0) is 14.6. The van der Waals surface area contributed by atoms with Gasteiger partial charge in [-0.3, -0.25) is 4.90 Å². The largest absolute Gasteiger partial charge is 0.372 e. The van der Waals surface area contributed by atoms with Gasteiger partial charge in [0.15, 0.2) is 0 Å². The highest BCUT2D eigenvalue weighted by molar-refractivity contribution is 7.80. The standard InChI is InChI=1S/C17H18N2OS/c1-17(2)11-10-15-18(16(21)20-19(15)17)14-9-5-7-12-6-3-4-8-13(12)14/h3-9,15H,10-11H2,1-2H3. The molecule has 2 heterocycles. The molecule has 2 aromatic carbocycles. The van der Waals surface area contributed by atoms with Gasteiger partial charge in [-0.1, -0.05) is 36.4 Å². The molecule has 2 saturated heterocycles. The smallest absolute Gasteiger partial charge is 0.287 e. The number of fused-ring (bicyclic) bond motifs is 2. The first-order chi connectivity index (χ1) is 10.1. The van der Waals surface area contributed by atoms with Crippen molar-refractivity contribution in [3.63, 3.8) is 0 Å². The fraction of sp³-hybridized carbons (Fsp3) is 0.353. The summed E-state index contributed by atoms with van der Waals surface area (Å²) in [5.41, 5.74) is 1.18. The third-order valence-electron chi connectivity index (χ3n) is 4.58. The molecule has 2 aliphatic heterocycles. The van der Waals surface area contributed by atoms with Crippen molar-refractivity contribution in [2.75, 3.05) is 4.90 Å². The van der Waals surface area contributed by atoms with E-state index in [9.17, 15) is 0 Å². The van der Waals surface area contributed by atoms with Crippen LogP contribution in [0.4, 0.5) is 5.69 Å². The van der Waals surface area contributed by atoms with Crippen LogP contribution in [-0.4, -0.2) is 21.9 Å². The summed E-state index contributed by atoms with van der Waals surface area (Å²) in [6.07, 6.45) is 2.39. The maximum atomic E-state index is 5.91. The zero-order valence-electron chi connectivity index (χ0n) is 12.2. The molecule has 0 aromatic heterocycles. The Kier molecular flexibility index (Phi) is 2.75. The average molecular weight is 298 g/mol. The van der Waals surface area contributed by atoms with E-state index in [2.05, 4.69) is 66.3 Å². The summed E-state index contributed by atoms with van der Waals surface area (Å²) in [5, 5.41) is 5.08. The van der Waals surface area contributed by atoms with Gasteiger partial charge in [-0.05, 0) is 50.4 Å². The second kappa shape index (κ2) is 4.42. The van der Waals surface area contributed by atoms with E-state index in [0.29, 0.717) is 5.17 Å². The van der Waals surface area contributed by atoms with Crippen molar-refractivity contribution < 1.29 is 4.84 Å². The van der Waals surface area contributed by atoms with Gasteiger partial charge >= 0.3 is 0 Å². The van der Waals surface area contributed by atoms with Crippen molar-refractivity contribution in [2.45, 2.75) is 38.4 Å². The Morgan fingerprint density at radius 2 is 1.90 bits per heavy atom. The minimum absolute atomic E-state index is 0.0358. The number of rotatable bonds is 1. The van der Waals surface area contributed by atoms with E-state index in [1.165, 1.54) is 10.8 Å². The van der Waals surface area contributed by atoms with Crippen molar-refractivity contribution in [3.8, 4) is 0 Å². The predicted molar refractivity (Wildman–Crippen MR) is 89.1 cm³/mol. The monoisotopic (exact) mass is 298 g/mol. The van der Waals surface area contributed by atoms with Crippen LogP contribution in [0.25, 0.3) is 10.8 Å². The topological polar surface area (TPSA) is 15.7 Å². The molecular formula is C17H18N2OS. The van der Waals surface area contributed by atoms with Gasteiger partial charge in [0, 0.05) is 5.39 Å². The molecule has 4 rings (SSSR count). The Morgan fingerprint density at radius 1 is 1.14 bits per heavy atom. The van der Waals surface area contributed by atoms with Crippen molar-refractivity contribution in [3.05, 3.63) is 42.5 Å². The quantitative estimate of drug-likeness (QED) is 0.737. The van der Waals surface area contributed by atoms with E-state index in [1.54, 1.807) is 0 Å². The molecule has 0 spiro atoms. The highest BCUT2D eigenvalue weighted by Gasteiger charge is 2.51. The van der Waals surface area contributed by atoms with Crippen LogP contribution in [0.2, 0.25) is 0 Å². The van der Waals surface area contributed by atoms with Gasteiger partial charge in [0.2, 0.25) is 0 Å². The van der Waals surface area contributed by atoms with E-state index in [-0.39, 0.29) is 11.7 Å². The van der Waals surface area contributed by atoms with Crippen LogP contribution in [0.5, 0.6) is 0 Å². The Balaban J connectivity index is 1.84. The SMILES string of the molecule is CC1(C)CCC2N(c3cccc4ccccc34)C(=S)ON21. The van der Waals surface area contributed by atoms with Gasteiger partial charge in [-0.25, -0.2) is 0 Å². The summed E-state index contributed by atoms with van der Waals surface area (Å²) in [6.45, 7) is 4.42. The molecule has 0 saturated carbocycles. The molecule has 3 nitrogen and oxygen atoms in total. The van der Waals surface area contributed by atoms with Crippen LogP contribution in [0.3, 0.4) is 0 Å². The van der Waals surface area contributed by atoms with E-state index in [4.69, 9.17) is 17.1 Å². The lowest BCUT2D eigenvalue weighted by Gasteiger charge is -2.28. The molecule has 2 fully saturated rings. The van der Waals surface area contributed by atoms with E-state index < -0.39 is 0 Å². The van der Waals surface area contributed by atoms with Crippen LogP contribution in [0.15, 0.2) is 42.5 Å². The summed E-state index contributed by atoms with van der Waals surface area (Å²) in [5.74, 6) is 0. The summed E-state index contributed by atoms with van der Waals surface area (Å²) in [7, 11) is 0. The van der Waals surface area contributed by atoms with Crippen LogP contribution in [-0.2, 0) is 4.84 Å². The molecule has 0 N–H and O–H groups in total. The lowest BCUT2D eigenvalue weighted by Crippen LogP contribution is -2.41. The minimum atomic E-state index is 0.0358. The zero-order valence-corrected chi connectivity index (χ0v) is 13.1. The van der Waals surface area contributed by atoms with Crippen molar-refractivity contribution in [1.29, 1.82) is 0 Å². The van der Waals surface area contributed by atoms with E-state index in [0.717, 1.165) is 18.5 Å². The number of hydroxylamine groups is 2. The third kappa shape index (κ3) is 1.86. The Labute approximate surface area is 130 Å². The minimum Gasteiger partial charge on any atom is -0.372 e. The highest BCUT2D eigenvalue weighted by atomic mass is 32.1. The van der Waals surface area contributed by atoms with E-state index >= 15 is 0 Å². The lowest BCUT2D eigenvalue weighted by molar-refractivity contribution is -0.117. The van der Waals surface area contributed by atoms with Gasteiger partial charge in [-0.15, -0.1) is 5.06 Å². The van der Waals surface area contributed by atoms with Crippen LogP contribution in [0.1, 0.15) is 26.7 Å². The lowest BCUT2D eigenvalue weighted by atomic mass is 10.0. The maximum Gasteiger partial charge on any atom is 0.287 e. The molecule has 0 radical (unpaired) electrons. The highest BCUT2D eigenvalue weighted by Crippen LogP contribution is 2.43. The third-order valence-corrected chi connectivity index (χ3v) is 4.85. The molecule has 1 atom stereocenters. The van der Waals surface area contributed by atoms with Gasteiger partial charge in [0.05, 0.1) is 11.2 Å². The summed E-state index contributed by atoms with van der Waals surface area (Å²) < 4.78 is 0. The first-order valence-electron chi connectivity index (χ1n) is 7.36. The molecule has 108 valence electrons. The van der Waals surface area contributed by atoms with Crippen LogP contribution < -0.4 is 4.90 Å². The van der Waals surface area contributed by atoms with Gasteiger partial charge in [-0.2, -0.15) is 0 Å². The number of nitrogens with zero attached hydrogens (tertiary/aromatic N) is 2. The molecular weight excluding hydrogens is 280 g/mol. The molecule has 2 aliphatic rings. The second-order valence-corrected chi connectivity index (χ2v) is 6.73. The summed E-state index contributed by atoms with van der Waals surface area (Å²) in [4.78, 5) is 8.08. The van der Waals surface area contributed by atoms with Gasteiger partial charge in [0.1, 0.15) is 6.17 Å². The Bertz CT molecular complexity index is 722. The first-order valence-corrected chi connectivity index (χ1v) is 7.77. The number of benzene rings is 2. The van der Waals surface area contributed by atoms with Crippen molar-refractivity contribution in [1.82, 2.24) is 5.06 Å². The molecule has 4 heteroatoms. The number of hydrogen-bond acceptors (Lipinski definition) is 3. The Morgan fingerprint density at radius 3 is 2.76 bits per heavy atom. The average Bonchev–Trinajstić information content (AvgIpc) is 2.95. The second-order valence-electron chi connectivity index (χ2n) is 6.38. The van der Waals surface area contributed by atoms with Gasteiger partial charge in [0.25, 0.3) is 5.17 Å². The van der Waals surface area contributed by atoms with Crippen LogP contribution in [0, 0.1) is 0 Å². The Hall–Kier alpha value is -1.65. The first kappa shape index (κ1) is 13.0. The normalized spacial score (nSPS) is 24.4. The fourth-order valence-electron chi connectivity index (χ4n) is 3.46. The van der Waals surface area contributed by atoms with Crippen molar-refractivity contribution in [2.24, 2.45) is 0 Å². The molecule has 0 bridgehead atoms. The molecule has 0 amide bonds. The van der Waals surface area contributed by atoms with Gasteiger partial charge < -0.3 is 4.84 Å². The van der Waals surface area contributed by atoms with Crippen molar-refractivity contribution >= 4 is 33.9 Å². The number of thiocarbonyl (C=S) groups is 1. The maximum absolute atomic E-state index is 5.91. The number of hydrogen-bond donors (Lipinski definition) is 0. The molecule has 0 aliphatic carbocycles. The summed E-state index contributed by atoms with van der Waals surface area (Å²) in [6, 6.07) is 14.8. The predicted octanol–water partition coefficient (Wildman–Crippen LogP) is 4.08. The van der Waals surface area contributed by atoms with E-state index in [1.807, 2.05) is 0 Å². The number of anilines is 1. The fourth-order valence-corrected chi connectivity index (χ4v) is 3.76. The molecule has 2 aromatic rings. The molecule has 1 unspecified atom stereocenters.